The molecule has 2 aromatic carbocycles. The average Bonchev–Trinajstić information content (AvgIpc) is 3.68. The molecule has 13 heteroatoms. The van der Waals surface area contributed by atoms with E-state index in [1.165, 1.54) is 0 Å². The number of fused-ring (bicyclic) bond motifs is 3. The molecular weight excluding hydrogens is 672 g/mol. The Bertz CT molecular complexity index is 2610. The first-order valence-corrected chi connectivity index (χ1v) is 17.3. The number of carbonyl (C=O) groups excluding carboxylic acids is 3. The van der Waals surface area contributed by atoms with Gasteiger partial charge in [0, 0.05) is 69.6 Å². The van der Waals surface area contributed by atoms with Crippen LogP contribution in [-0.4, -0.2) is 63.5 Å². The highest BCUT2D eigenvalue weighted by Gasteiger charge is 2.30. The van der Waals surface area contributed by atoms with Crippen molar-refractivity contribution < 1.29 is 18.8 Å². The van der Waals surface area contributed by atoms with Gasteiger partial charge in [0.25, 0.3) is 5.91 Å². The number of furan rings is 1. The van der Waals surface area contributed by atoms with Crippen LogP contribution in [0, 0.1) is 18.8 Å². The van der Waals surface area contributed by atoms with Gasteiger partial charge < -0.3 is 19.5 Å². The number of likely N-dealkylation sites (N-methyl/N-ethyl adjacent to an activating group) is 1. The molecule has 2 aliphatic heterocycles. The van der Waals surface area contributed by atoms with E-state index >= 15 is 0 Å². The zero-order chi connectivity index (χ0) is 37.0. The topological polar surface area (TPSA) is 148 Å². The van der Waals surface area contributed by atoms with Gasteiger partial charge in [0.1, 0.15) is 11.3 Å². The molecule has 53 heavy (non-hydrogen) atoms. The van der Waals surface area contributed by atoms with Gasteiger partial charge in [-0.1, -0.05) is 18.1 Å². The Morgan fingerprint density at radius 1 is 0.981 bits per heavy atom. The summed E-state index contributed by atoms with van der Waals surface area (Å²) in [5.74, 6) is 4.89. The van der Waals surface area contributed by atoms with Gasteiger partial charge in [0.05, 0.1) is 46.8 Å². The number of imidazole rings is 1. The van der Waals surface area contributed by atoms with Gasteiger partial charge in [-0.2, -0.15) is 0 Å². The van der Waals surface area contributed by atoms with Gasteiger partial charge in [-0.05, 0) is 66.8 Å². The zero-order valence-electron chi connectivity index (χ0n) is 29.7. The largest absolute Gasteiger partial charge is 0.448 e. The highest BCUT2D eigenvalue weighted by atomic mass is 16.3. The van der Waals surface area contributed by atoms with Crippen LogP contribution in [0.5, 0.6) is 0 Å². The third-order valence-corrected chi connectivity index (χ3v) is 10.1. The van der Waals surface area contributed by atoms with Crippen LogP contribution in [0.3, 0.4) is 0 Å². The van der Waals surface area contributed by atoms with Crippen molar-refractivity contribution in [1.82, 2.24) is 29.7 Å². The molecule has 1 fully saturated rings. The SMILES string of the molecule is Cc1cc(N2CCN(C)c3cc(-c4ccc(C(=O)NCC#Cc5cc6c(C7CCC(=O)NC7=O)cccc6o5)nc4)ncc32)cc2c1n(C)c(=O)n2C. The number of aromatic nitrogens is 4. The summed E-state index contributed by atoms with van der Waals surface area (Å²) < 4.78 is 9.25. The van der Waals surface area contributed by atoms with E-state index in [0.29, 0.717) is 17.8 Å². The second kappa shape index (κ2) is 13.1. The van der Waals surface area contributed by atoms with Crippen LogP contribution < -0.4 is 26.1 Å². The fourth-order valence-corrected chi connectivity index (χ4v) is 7.35. The summed E-state index contributed by atoms with van der Waals surface area (Å²) in [6, 6.07) is 17.0. The molecule has 0 saturated carbocycles. The van der Waals surface area contributed by atoms with Crippen LogP contribution >= 0.6 is 0 Å². The Morgan fingerprint density at radius 3 is 2.62 bits per heavy atom. The number of hydrogen-bond acceptors (Lipinski definition) is 9. The average molecular weight is 709 g/mol. The molecule has 1 unspecified atom stereocenters. The molecule has 266 valence electrons. The molecule has 2 aliphatic rings. The Hall–Kier alpha value is -6.68. The lowest BCUT2D eigenvalue weighted by Gasteiger charge is -2.37. The Balaban J connectivity index is 0.949. The van der Waals surface area contributed by atoms with Crippen LogP contribution in [0.15, 0.2) is 76.2 Å². The monoisotopic (exact) mass is 708 g/mol. The van der Waals surface area contributed by atoms with Gasteiger partial charge in [-0.3, -0.25) is 38.8 Å². The number of rotatable bonds is 5. The lowest BCUT2D eigenvalue weighted by atomic mass is 9.88. The fourth-order valence-electron chi connectivity index (χ4n) is 7.35. The van der Waals surface area contributed by atoms with Crippen molar-refractivity contribution in [1.29, 1.82) is 0 Å². The number of benzene rings is 2. The Kier molecular flexibility index (Phi) is 8.29. The number of amides is 3. The molecule has 0 spiro atoms. The summed E-state index contributed by atoms with van der Waals surface area (Å²) in [7, 11) is 5.65. The maximum Gasteiger partial charge on any atom is 0.328 e. The molecule has 0 radical (unpaired) electrons. The Labute approximate surface area is 304 Å². The van der Waals surface area contributed by atoms with Gasteiger partial charge in [-0.25, -0.2) is 4.79 Å². The van der Waals surface area contributed by atoms with E-state index < -0.39 is 5.92 Å². The molecule has 8 rings (SSSR count). The normalized spacial score (nSPS) is 15.7. The van der Waals surface area contributed by atoms with E-state index in [1.807, 2.05) is 37.4 Å². The van der Waals surface area contributed by atoms with Crippen LogP contribution in [0.1, 0.15) is 46.1 Å². The molecule has 1 atom stereocenters. The minimum atomic E-state index is -0.437. The molecule has 1 saturated heterocycles. The number of pyridine rings is 2. The number of piperidine rings is 1. The minimum absolute atomic E-state index is 0.0558. The van der Waals surface area contributed by atoms with E-state index in [1.54, 1.807) is 47.6 Å². The van der Waals surface area contributed by atoms with Crippen molar-refractivity contribution in [3.8, 4) is 23.1 Å². The maximum absolute atomic E-state index is 12.9. The third kappa shape index (κ3) is 5.97. The van der Waals surface area contributed by atoms with Gasteiger partial charge in [0.15, 0.2) is 5.76 Å². The molecule has 6 aromatic rings. The first kappa shape index (κ1) is 33.5. The first-order valence-electron chi connectivity index (χ1n) is 17.3. The smallest absolute Gasteiger partial charge is 0.328 e. The fraction of sp³-hybridized carbons (Fsp3) is 0.250. The number of hydrogen-bond donors (Lipinski definition) is 2. The molecular formula is C40H36N8O5. The summed E-state index contributed by atoms with van der Waals surface area (Å²) in [5, 5.41) is 5.95. The first-order chi connectivity index (χ1) is 25.6. The van der Waals surface area contributed by atoms with Crippen molar-refractivity contribution in [2.75, 3.05) is 36.5 Å². The molecule has 3 amide bonds. The predicted octanol–water partition coefficient (Wildman–Crippen LogP) is 4.28. The summed E-state index contributed by atoms with van der Waals surface area (Å²) >= 11 is 0. The number of carbonyl (C=O) groups is 3. The number of anilines is 3. The van der Waals surface area contributed by atoms with Gasteiger partial charge >= 0.3 is 5.69 Å². The highest BCUT2D eigenvalue weighted by molar-refractivity contribution is 6.03. The van der Waals surface area contributed by atoms with Crippen molar-refractivity contribution in [3.05, 3.63) is 100 Å². The number of aryl methyl sites for hydroxylation is 3. The third-order valence-electron chi connectivity index (χ3n) is 10.1. The van der Waals surface area contributed by atoms with E-state index in [4.69, 9.17) is 9.40 Å². The van der Waals surface area contributed by atoms with Crippen molar-refractivity contribution >= 4 is 56.8 Å². The van der Waals surface area contributed by atoms with E-state index in [0.717, 1.165) is 69.0 Å². The summed E-state index contributed by atoms with van der Waals surface area (Å²) in [6.45, 7) is 3.65. The van der Waals surface area contributed by atoms with Crippen LogP contribution in [0.4, 0.5) is 17.1 Å². The van der Waals surface area contributed by atoms with Gasteiger partial charge in [-0.15, -0.1) is 0 Å². The summed E-state index contributed by atoms with van der Waals surface area (Å²) in [6.07, 6.45) is 4.22. The van der Waals surface area contributed by atoms with Gasteiger partial charge in [0.2, 0.25) is 11.8 Å². The minimum Gasteiger partial charge on any atom is -0.448 e. The maximum atomic E-state index is 12.9. The molecule has 0 aliphatic carbocycles. The zero-order valence-corrected chi connectivity index (χ0v) is 29.7. The standard InChI is InChI=1S/C40H36N8O5/c1-23-17-25(18-33-37(23)47(4)40(52)46(33)3)48-16-15-45(2)32-20-31(43-22-34(32)48)24-10-12-30(42-21-24)39(51)41-14-6-7-26-19-29-27(8-5-9-35(29)53-26)28-11-13-36(49)44-38(28)50/h5,8-10,12,17-22,28H,11,13-16H2,1-4H3,(H,41,51)(H,44,49,50). The number of nitrogens with zero attached hydrogens (tertiary/aromatic N) is 6. The molecule has 2 N–H and O–H groups in total. The molecule has 4 aromatic heterocycles. The second-order valence-electron chi connectivity index (χ2n) is 13.5. The predicted molar refractivity (Wildman–Crippen MR) is 201 cm³/mol. The van der Waals surface area contributed by atoms with Crippen LogP contribution in [0.25, 0.3) is 33.3 Å². The highest BCUT2D eigenvalue weighted by Crippen LogP contribution is 2.40. The van der Waals surface area contributed by atoms with Crippen molar-refractivity contribution in [2.24, 2.45) is 14.1 Å². The summed E-state index contributed by atoms with van der Waals surface area (Å²) in [4.78, 5) is 63.2. The van der Waals surface area contributed by atoms with E-state index in [2.05, 4.69) is 56.4 Å². The number of imide groups is 1. The Morgan fingerprint density at radius 2 is 1.83 bits per heavy atom. The van der Waals surface area contributed by atoms with Crippen molar-refractivity contribution in [2.45, 2.75) is 25.7 Å². The van der Waals surface area contributed by atoms with Crippen molar-refractivity contribution in [3.63, 3.8) is 0 Å². The van der Waals surface area contributed by atoms with Crippen LogP contribution in [-0.2, 0) is 23.7 Å². The molecule has 6 heterocycles. The van der Waals surface area contributed by atoms with E-state index in [9.17, 15) is 19.2 Å². The number of nitrogens with one attached hydrogen (secondary N) is 2. The molecule has 0 bridgehead atoms. The van der Waals surface area contributed by atoms with Crippen LogP contribution in [0.2, 0.25) is 0 Å². The molecule has 13 nitrogen and oxygen atoms in total. The lowest BCUT2D eigenvalue weighted by molar-refractivity contribution is -0.134. The quantitative estimate of drug-likeness (QED) is 0.198. The second-order valence-corrected chi connectivity index (χ2v) is 13.5. The summed E-state index contributed by atoms with van der Waals surface area (Å²) in [5.41, 5.74) is 8.88. The lowest BCUT2D eigenvalue weighted by Crippen LogP contribution is -2.39. The van der Waals surface area contributed by atoms with E-state index in [-0.39, 0.29) is 42.1 Å².